The number of hydrogen-bond acceptors (Lipinski definition) is 5. The van der Waals surface area contributed by atoms with E-state index in [1.54, 1.807) is 0 Å². The number of ether oxygens (including phenoxy) is 1. The molecule has 0 atom stereocenters. The van der Waals surface area contributed by atoms with Crippen LogP contribution in [0.4, 0.5) is 0 Å². The van der Waals surface area contributed by atoms with Gasteiger partial charge in [-0.15, -0.1) is 0 Å². The molecule has 0 unspecified atom stereocenters. The Hall–Kier alpha value is -1.21. The molecule has 0 aliphatic rings. The summed E-state index contributed by atoms with van der Waals surface area (Å²) in [5.74, 6) is 0. The Balaban J connectivity index is 2.31. The van der Waals surface area contributed by atoms with E-state index in [0.29, 0.717) is 25.6 Å². The van der Waals surface area contributed by atoms with Crippen molar-refractivity contribution in [2.24, 2.45) is 0 Å². The van der Waals surface area contributed by atoms with Crippen LogP contribution in [0.5, 0.6) is 6.01 Å². The van der Waals surface area contributed by atoms with Crippen molar-refractivity contribution < 1.29 is 13.2 Å². The summed E-state index contributed by atoms with van der Waals surface area (Å²) in [7, 11) is -3.12. The van der Waals surface area contributed by atoms with E-state index in [2.05, 4.69) is 20.8 Å². The standard InChI is InChI=1S/C10H16N3O3S/c1-8-7-9(2)13-10(12-8)16-6-4-5-11-17(3,14)15/h11H,4-6H2,1-3H3. The molecule has 0 bridgehead atoms. The van der Waals surface area contributed by atoms with Crippen LogP contribution in [0.15, 0.2) is 0 Å². The van der Waals surface area contributed by atoms with Crippen LogP contribution < -0.4 is 9.46 Å². The van der Waals surface area contributed by atoms with Crippen molar-refractivity contribution in [3.05, 3.63) is 17.5 Å². The van der Waals surface area contributed by atoms with Crippen molar-refractivity contribution in [2.75, 3.05) is 19.4 Å². The fourth-order valence-corrected chi connectivity index (χ4v) is 1.70. The molecule has 17 heavy (non-hydrogen) atoms. The summed E-state index contributed by atoms with van der Waals surface area (Å²) in [5.41, 5.74) is 1.45. The maximum Gasteiger partial charge on any atom is 0.316 e. The van der Waals surface area contributed by atoms with Crippen LogP contribution in [0.2, 0.25) is 0 Å². The lowest BCUT2D eigenvalue weighted by Crippen LogP contribution is -2.24. The Bertz CT molecular complexity index is 453. The van der Waals surface area contributed by atoms with Crippen LogP contribution in [-0.4, -0.2) is 37.8 Å². The van der Waals surface area contributed by atoms with Crippen LogP contribution >= 0.6 is 0 Å². The molecule has 95 valence electrons. The van der Waals surface area contributed by atoms with Gasteiger partial charge in [-0.3, -0.25) is 0 Å². The highest BCUT2D eigenvalue weighted by Crippen LogP contribution is 2.05. The fraction of sp³-hybridized carbons (Fsp3) is 0.600. The van der Waals surface area contributed by atoms with Gasteiger partial charge in [-0.25, -0.2) is 13.1 Å². The lowest BCUT2D eigenvalue weighted by atomic mass is 10.4. The first kappa shape index (κ1) is 13.9. The minimum atomic E-state index is -3.12. The molecule has 7 heteroatoms. The van der Waals surface area contributed by atoms with Crippen molar-refractivity contribution in [2.45, 2.75) is 20.3 Å². The van der Waals surface area contributed by atoms with E-state index in [9.17, 15) is 8.42 Å². The van der Waals surface area contributed by atoms with Gasteiger partial charge >= 0.3 is 6.01 Å². The van der Waals surface area contributed by atoms with Gasteiger partial charge in [-0.2, -0.15) is 9.97 Å². The molecule has 1 rings (SSSR count). The average Bonchev–Trinajstić information content (AvgIpc) is 2.13. The van der Waals surface area contributed by atoms with Crippen molar-refractivity contribution in [1.29, 1.82) is 0 Å². The van der Waals surface area contributed by atoms with E-state index in [0.717, 1.165) is 17.6 Å². The normalized spacial score (nSPS) is 11.5. The van der Waals surface area contributed by atoms with Crippen LogP contribution in [0.1, 0.15) is 17.8 Å². The molecule has 1 radical (unpaired) electrons. The molecule has 1 heterocycles. The number of rotatable bonds is 6. The SMILES string of the molecule is Cc1[c]c(C)nc(OCCCNS(C)(=O)=O)n1. The second-order valence-electron chi connectivity index (χ2n) is 3.67. The quantitative estimate of drug-likeness (QED) is 0.738. The zero-order valence-corrected chi connectivity index (χ0v) is 11.0. The Morgan fingerprint density at radius 1 is 1.29 bits per heavy atom. The molecule has 0 saturated carbocycles. The first-order valence-corrected chi connectivity index (χ1v) is 7.08. The van der Waals surface area contributed by atoms with Gasteiger partial charge in [0, 0.05) is 12.6 Å². The predicted molar refractivity (Wildman–Crippen MR) is 63.3 cm³/mol. The lowest BCUT2D eigenvalue weighted by molar-refractivity contribution is 0.286. The minimum absolute atomic E-state index is 0.304. The van der Waals surface area contributed by atoms with Crippen molar-refractivity contribution in [3.63, 3.8) is 0 Å². The van der Waals surface area contributed by atoms with Crippen LogP contribution in [0, 0.1) is 19.9 Å². The van der Waals surface area contributed by atoms with Crippen LogP contribution in [0.3, 0.4) is 0 Å². The highest BCUT2D eigenvalue weighted by atomic mass is 32.2. The van der Waals surface area contributed by atoms with Crippen molar-refractivity contribution >= 4 is 10.0 Å². The van der Waals surface area contributed by atoms with Gasteiger partial charge in [0.25, 0.3) is 0 Å². The number of hydrogen-bond donors (Lipinski definition) is 1. The monoisotopic (exact) mass is 258 g/mol. The fourth-order valence-electron chi connectivity index (χ4n) is 1.19. The number of aromatic nitrogens is 2. The minimum Gasteiger partial charge on any atom is -0.463 e. The van der Waals surface area contributed by atoms with Crippen LogP contribution in [0.25, 0.3) is 0 Å². The summed E-state index contributed by atoms with van der Waals surface area (Å²) >= 11 is 0. The summed E-state index contributed by atoms with van der Waals surface area (Å²) in [4.78, 5) is 8.11. The maximum atomic E-state index is 10.8. The van der Waals surface area contributed by atoms with Crippen LogP contribution in [-0.2, 0) is 10.0 Å². The van der Waals surface area contributed by atoms with E-state index in [1.807, 2.05) is 13.8 Å². The number of nitrogens with zero attached hydrogens (tertiary/aromatic N) is 2. The molecule has 1 N–H and O–H groups in total. The number of nitrogens with one attached hydrogen (secondary N) is 1. The summed E-state index contributed by atoms with van der Waals surface area (Å²) in [6.45, 7) is 4.33. The van der Waals surface area contributed by atoms with Gasteiger partial charge in [0.1, 0.15) is 0 Å². The second-order valence-corrected chi connectivity index (χ2v) is 5.50. The van der Waals surface area contributed by atoms with Gasteiger partial charge in [-0.05, 0) is 20.3 Å². The molecule has 0 saturated heterocycles. The summed E-state index contributed by atoms with van der Waals surface area (Å²) in [5, 5.41) is 0. The molecular formula is C10H16N3O3S. The largest absolute Gasteiger partial charge is 0.463 e. The summed E-state index contributed by atoms with van der Waals surface area (Å²) in [6, 6.07) is 3.24. The van der Waals surface area contributed by atoms with Gasteiger partial charge in [-0.1, -0.05) is 0 Å². The molecule has 0 aliphatic heterocycles. The lowest BCUT2D eigenvalue weighted by Gasteiger charge is -2.05. The predicted octanol–water partition coefficient (Wildman–Crippen LogP) is 0.212. The molecule has 0 spiro atoms. The van der Waals surface area contributed by atoms with E-state index >= 15 is 0 Å². The molecule has 1 aromatic rings. The van der Waals surface area contributed by atoms with Crippen molar-refractivity contribution in [1.82, 2.24) is 14.7 Å². The first-order valence-electron chi connectivity index (χ1n) is 5.19. The molecule has 0 fully saturated rings. The number of aryl methyl sites for hydroxylation is 2. The second kappa shape index (κ2) is 5.92. The molecule has 1 aromatic heterocycles. The Kier molecular flexibility index (Phi) is 4.83. The number of sulfonamides is 1. The Morgan fingerprint density at radius 3 is 2.41 bits per heavy atom. The first-order chi connectivity index (χ1) is 7.87. The summed E-state index contributed by atoms with van der Waals surface area (Å²) in [6.07, 6.45) is 1.68. The summed E-state index contributed by atoms with van der Waals surface area (Å²) < 4.78 is 29.2. The van der Waals surface area contributed by atoms with Crippen molar-refractivity contribution in [3.8, 4) is 6.01 Å². The molecular weight excluding hydrogens is 242 g/mol. The van der Waals surface area contributed by atoms with E-state index < -0.39 is 10.0 Å². The third-order valence-electron chi connectivity index (χ3n) is 1.81. The smallest absolute Gasteiger partial charge is 0.316 e. The van der Waals surface area contributed by atoms with E-state index in [-0.39, 0.29) is 0 Å². The zero-order valence-electron chi connectivity index (χ0n) is 10.1. The third-order valence-corrected chi connectivity index (χ3v) is 2.53. The Morgan fingerprint density at radius 2 is 1.88 bits per heavy atom. The maximum absolute atomic E-state index is 10.8. The van der Waals surface area contributed by atoms with E-state index in [1.165, 1.54) is 0 Å². The van der Waals surface area contributed by atoms with E-state index in [4.69, 9.17) is 4.74 Å². The van der Waals surface area contributed by atoms with Gasteiger partial charge in [0.05, 0.1) is 24.3 Å². The molecule has 0 amide bonds. The topological polar surface area (TPSA) is 81.2 Å². The third kappa shape index (κ3) is 6.18. The highest BCUT2D eigenvalue weighted by molar-refractivity contribution is 7.88. The molecule has 0 aliphatic carbocycles. The van der Waals surface area contributed by atoms with Gasteiger partial charge in [0.2, 0.25) is 10.0 Å². The van der Waals surface area contributed by atoms with Gasteiger partial charge in [0.15, 0.2) is 0 Å². The Labute approximate surface area is 101 Å². The molecule has 6 nitrogen and oxygen atoms in total. The average molecular weight is 258 g/mol. The molecule has 0 aromatic carbocycles. The van der Waals surface area contributed by atoms with Gasteiger partial charge < -0.3 is 4.74 Å². The zero-order chi connectivity index (χ0) is 12.9. The highest BCUT2D eigenvalue weighted by Gasteiger charge is 2.02.